The van der Waals surface area contributed by atoms with Crippen LogP contribution in [0.4, 0.5) is 4.79 Å². The van der Waals surface area contributed by atoms with Crippen molar-refractivity contribution in [3.05, 3.63) is 0 Å². The SMILES string of the molecule is CCC(CC)(CNC(=O)NCCC(=O)OC)C(=O)O. The molecule has 0 heterocycles. The lowest BCUT2D eigenvalue weighted by Crippen LogP contribution is -2.46. The Morgan fingerprint density at radius 1 is 1.16 bits per heavy atom. The molecule has 0 rings (SSSR count). The van der Waals surface area contributed by atoms with Crippen molar-refractivity contribution in [2.75, 3.05) is 20.2 Å². The quantitative estimate of drug-likeness (QED) is 0.566. The summed E-state index contributed by atoms with van der Waals surface area (Å²) in [5.41, 5.74) is -0.945. The number of urea groups is 1. The molecule has 0 aromatic carbocycles. The Morgan fingerprint density at radius 2 is 1.74 bits per heavy atom. The number of rotatable bonds is 8. The molecule has 0 aliphatic carbocycles. The zero-order chi connectivity index (χ0) is 14.9. The van der Waals surface area contributed by atoms with Gasteiger partial charge in [-0.15, -0.1) is 0 Å². The summed E-state index contributed by atoms with van der Waals surface area (Å²) in [6.07, 6.45) is 0.943. The van der Waals surface area contributed by atoms with Gasteiger partial charge in [0, 0.05) is 13.1 Å². The molecular weight excluding hydrogens is 252 g/mol. The van der Waals surface area contributed by atoms with E-state index >= 15 is 0 Å². The average Bonchev–Trinajstić information content (AvgIpc) is 2.39. The predicted octanol–water partition coefficient (Wildman–Crippen LogP) is 0.740. The van der Waals surface area contributed by atoms with E-state index in [2.05, 4.69) is 15.4 Å². The third-order valence-electron chi connectivity index (χ3n) is 3.24. The van der Waals surface area contributed by atoms with Gasteiger partial charge in [-0.25, -0.2) is 4.79 Å². The molecule has 0 unspecified atom stereocenters. The summed E-state index contributed by atoms with van der Waals surface area (Å²) in [5, 5.41) is 14.2. The number of carbonyl (C=O) groups is 3. The number of carbonyl (C=O) groups excluding carboxylic acids is 2. The highest BCUT2D eigenvalue weighted by atomic mass is 16.5. The summed E-state index contributed by atoms with van der Waals surface area (Å²) in [7, 11) is 1.27. The lowest BCUT2D eigenvalue weighted by atomic mass is 9.82. The third-order valence-corrected chi connectivity index (χ3v) is 3.24. The molecule has 0 radical (unpaired) electrons. The Labute approximate surface area is 112 Å². The van der Waals surface area contributed by atoms with Crippen LogP contribution >= 0.6 is 0 Å². The number of aliphatic carboxylic acids is 1. The zero-order valence-electron chi connectivity index (χ0n) is 11.6. The fraction of sp³-hybridized carbons (Fsp3) is 0.750. The van der Waals surface area contributed by atoms with Crippen LogP contribution in [0.5, 0.6) is 0 Å². The number of methoxy groups -OCH3 is 1. The fourth-order valence-electron chi connectivity index (χ4n) is 1.57. The second-order valence-electron chi connectivity index (χ2n) is 4.23. The van der Waals surface area contributed by atoms with E-state index in [4.69, 9.17) is 0 Å². The molecule has 110 valence electrons. The van der Waals surface area contributed by atoms with E-state index < -0.39 is 23.4 Å². The number of carboxylic acid groups (broad SMARTS) is 1. The molecule has 0 saturated heterocycles. The van der Waals surface area contributed by atoms with Crippen molar-refractivity contribution in [3.8, 4) is 0 Å². The van der Waals surface area contributed by atoms with Gasteiger partial charge in [-0.3, -0.25) is 9.59 Å². The van der Waals surface area contributed by atoms with E-state index in [9.17, 15) is 19.5 Å². The van der Waals surface area contributed by atoms with Crippen LogP contribution in [0, 0.1) is 5.41 Å². The Balaban J connectivity index is 4.13. The van der Waals surface area contributed by atoms with Crippen LogP contribution < -0.4 is 10.6 Å². The largest absolute Gasteiger partial charge is 0.481 e. The zero-order valence-corrected chi connectivity index (χ0v) is 11.6. The minimum atomic E-state index is -0.945. The lowest BCUT2D eigenvalue weighted by Gasteiger charge is -2.26. The van der Waals surface area contributed by atoms with Crippen molar-refractivity contribution in [1.29, 1.82) is 0 Å². The van der Waals surface area contributed by atoms with Crippen LogP contribution in [-0.2, 0) is 14.3 Å². The smallest absolute Gasteiger partial charge is 0.314 e. The molecular formula is C12H22N2O5. The van der Waals surface area contributed by atoms with Crippen molar-refractivity contribution < 1.29 is 24.2 Å². The minimum absolute atomic E-state index is 0.0550. The normalized spacial score (nSPS) is 10.7. The van der Waals surface area contributed by atoms with Gasteiger partial charge in [-0.05, 0) is 12.8 Å². The van der Waals surface area contributed by atoms with E-state index in [1.807, 2.05) is 0 Å². The molecule has 2 amide bonds. The summed E-state index contributed by atoms with van der Waals surface area (Å²) in [5.74, 6) is -1.34. The summed E-state index contributed by atoms with van der Waals surface area (Å²) in [4.78, 5) is 33.5. The van der Waals surface area contributed by atoms with Crippen molar-refractivity contribution >= 4 is 18.0 Å². The number of esters is 1. The number of ether oxygens (including phenoxy) is 1. The van der Waals surface area contributed by atoms with Crippen molar-refractivity contribution in [1.82, 2.24) is 10.6 Å². The first-order chi connectivity index (χ1) is 8.91. The second kappa shape index (κ2) is 8.34. The van der Waals surface area contributed by atoms with Crippen LogP contribution in [0.15, 0.2) is 0 Å². The fourth-order valence-corrected chi connectivity index (χ4v) is 1.57. The first-order valence-corrected chi connectivity index (χ1v) is 6.23. The van der Waals surface area contributed by atoms with Crippen LogP contribution in [0.1, 0.15) is 33.1 Å². The number of hydrogen-bond acceptors (Lipinski definition) is 4. The molecule has 0 aliphatic heterocycles. The molecule has 0 aromatic rings. The molecule has 0 fully saturated rings. The molecule has 0 aromatic heterocycles. The monoisotopic (exact) mass is 274 g/mol. The van der Waals surface area contributed by atoms with Gasteiger partial charge in [-0.1, -0.05) is 13.8 Å². The van der Waals surface area contributed by atoms with Crippen LogP contribution in [-0.4, -0.2) is 43.3 Å². The molecule has 0 bridgehead atoms. The van der Waals surface area contributed by atoms with Crippen LogP contribution in [0.25, 0.3) is 0 Å². The maximum Gasteiger partial charge on any atom is 0.314 e. The lowest BCUT2D eigenvalue weighted by molar-refractivity contribution is -0.149. The molecule has 7 nitrogen and oxygen atoms in total. The number of nitrogens with one attached hydrogen (secondary N) is 2. The Kier molecular flexibility index (Phi) is 7.55. The van der Waals surface area contributed by atoms with Gasteiger partial charge >= 0.3 is 18.0 Å². The Morgan fingerprint density at radius 3 is 2.16 bits per heavy atom. The summed E-state index contributed by atoms with van der Waals surface area (Å²) in [6, 6.07) is -0.489. The van der Waals surface area contributed by atoms with E-state index in [0.29, 0.717) is 12.8 Å². The third kappa shape index (κ3) is 5.58. The highest BCUT2D eigenvalue weighted by Gasteiger charge is 2.35. The van der Waals surface area contributed by atoms with E-state index in [0.717, 1.165) is 0 Å². The topological polar surface area (TPSA) is 105 Å². The summed E-state index contributed by atoms with van der Waals surface area (Å²) < 4.78 is 4.42. The average molecular weight is 274 g/mol. The van der Waals surface area contributed by atoms with E-state index in [-0.39, 0.29) is 19.5 Å². The minimum Gasteiger partial charge on any atom is -0.481 e. The molecule has 0 aliphatic rings. The van der Waals surface area contributed by atoms with Gasteiger partial charge in [0.2, 0.25) is 0 Å². The van der Waals surface area contributed by atoms with Gasteiger partial charge in [-0.2, -0.15) is 0 Å². The number of carboxylic acids is 1. The highest BCUT2D eigenvalue weighted by Crippen LogP contribution is 2.25. The van der Waals surface area contributed by atoms with Gasteiger partial charge in [0.15, 0.2) is 0 Å². The first kappa shape index (κ1) is 17.2. The van der Waals surface area contributed by atoms with Crippen molar-refractivity contribution in [3.63, 3.8) is 0 Å². The standard InChI is InChI=1S/C12H22N2O5/c1-4-12(5-2,10(16)17)8-14-11(18)13-7-6-9(15)19-3/h4-8H2,1-3H3,(H,16,17)(H2,13,14,18). The van der Waals surface area contributed by atoms with Crippen LogP contribution in [0.3, 0.4) is 0 Å². The van der Waals surface area contributed by atoms with E-state index in [1.54, 1.807) is 13.8 Å². The molecule has 19 heavy (non-hydrogen) atoms. The second-order valence-corrected chi connectivity index (χ2v) is 4.23. The van der Waals surface area contributed by atoms with Crippen molar-refractivity contribution in [2.45, 2.75) is 33.1 Å². The summed E-state index contributed by atoms with van der Waals surface area (Å²) in [6.45, 7) is 3.75. The van der Waals surface area contributed by atoms with Gasteiger partial charge in [0.25, 0.3) is 0 Å². The Hall–Kier alpha value is -1.79. The van der Waals surface area contributed by atoms with Gasteiger partial charge in [0.05, 0.1) is 18.9 Å². The first-order valence-electron chi connectivity index (χ1n) is 6.23. The molecule has 0 saturated carbocycles. The Bertz CT molecular complexity index is 326. The number of amides is 2. The van der Waals surface area contributed by atoms with E-state index in [1.165, 1.54) is 7.11 Å². The van der Waals surface area contributed by atoms with Gasteiger partial charge in [0.1, 0.15) is 0 Å². The molecule has 3 N–H and O–H groups in total. The summed E-state index contributed by atoms with van der Waals surface area (Å²) >= 11 is 0. The maximum absolute atomic E-state index is 11.4. The van der Waals surface area contributed by atoms with Crippen LogP contribution in [0.2, 0.25) is 0 Å². The van der Waals surface area contributed by atoms with Gasteiger partial charge < -0.3 is 20.5 Å². The predicted molar refractivity (Wildman–Crippen MR) is 68.7 cm³/mol. The highest BCUT2D eigenvalue weighted by molar-refractivity contribution is 5.78. The molecule has 0 atom stereocenters. The maximum atomic E-state index is 11.4. The molecule has 7 heteroatoms. The molecule has 0 spiro atoms. The van der Waals surface area contributed by atoms with Crippen molar-refractivity contribution in [2.24, 2.45) is 5.41 Å². The number of hydrogen-bond donors (Lipinski definition) is 3.